The SMILES string of the molecule is CC=C(NCCCC(C)CNC(=O)C(=O)NCc1ccccc1)C(=O)NCc1ccccc1. The van der Waals surface area contributed by atoms with Gasteiger partial charge in [-0.05, 0) is 36.8 Å². The van der Waals surface area contributed by atoms with Crippen LogP contribution in [-0.4, -0.2) is 30.8 Å². The van der Waals surface area contributed by atoms with E-state index in [9.17, 15) is 14.4 Å². The fourth-order valence-electron chi connectivity index (χ4n) is 3.17. The summed E-state index contributed by atoms with van der Waals surface area (Å²) in [7, 11) is 0. The van der Waals surface area contributed by atoms with Crippen molar-refractivity contribution in [3.05, 3.63) is 83.6 Å². The largest absolute Gasteiger partial charge is 0.381 e. The minimum atomic E-state index is -0.632. The number of allylic oxidation sites excluding steroid dienone is 1. The molecule has 7 nitrogen and oxygen atoms in total. The van der Waals surface area contributed by atoms with E-state index in [4.69, 9.17) is 0 Å². The lowest BCUT2D eigenvalue weighted by atomic mass is 10.1. The molecule has 0 heterocycles. The van der Waals surface area contributed by atoms with Gasteiger partial charge in [0.2, 0.25) is 0 Å². The molecule has 0 saturated carbocycles. The van der Waals surface area contributed by atoms with Crippen LogP contribution < -0.4 is 21.3 Å². The van der Waals surface area contributed by atoms with E-state index in [0.29, 0.717) is 31.9 Å². The van der Waals surface area contributed by atoms with Crippen LogP contribution in [0.3, 0.4) is 0 Å². The lowest BCUT2D eigenvalue weighted by Crippen LogP contribution is -2.41. The number of carbonyl (C=O) groups is 3. The lowest BCUT2D eigenvalue weighted by molar-refractivity contribution is -0.139. The first kappa shape index (κ1) is 25.6. The Balaban J connectivity index is 1.58. The van der Waals surface area contributed by atoms with Crippen molar-refractivity contribution in [1.29, 1.82) is 0 Å². The molecule has 3 amide bonds. The molecule has 33 heavy (non-hydrogen) atoms. The van der Waals surface area contributed by atoms with Gasteiger partial charge in [-0.25, -0.2) is 0 Å². The Kier molecular flexibility index (Phi) is 11.2. The molecular formula is C26H34N4O3. The van der Waals surface area contributed by atoms with Crippen molar-refractivity contribution in [1.82, 2.24) is 21.3 Å². The molecule has 2 aromatic rings. The second kappa shape index (κ2) is 14.5. The van der Waals surface area contributed by atoms with Crippen molar-refractivity contribution in [3.8, 4) is 0 Å². The van der Waals surface area contributed by atoms with Crippen LogP contribution in [0.25, 0.3) is 0 Å². The molecule has 4 N–H and O–H groups in total. The summed E-state index contributed by atoms with van der Waals surface area (Å²) in [5.74, 6) is -1.18. The van der Waals surface area contributed by atoms with Gasteiger partial charge in [0, 0.05) is 26.2 Å². The molecule has 0 radical (unpaired) electrons. The maximum absolute atomic E-state index is 12.3. The van der Waals surface area contributed by atoms with Gasteiger partial charge in [-0.1, -0.05) is 73.7 Å². The summed E-state index contributed by atoms with van der Waals surface area (Å²) in [6.07, 6.45) is 3.44. The van der Waals surface area contributed by atoms with Gasteiger partial charge in [0.25, 0.3) is 5.91 Å². The highest BCUT2D eigenvalue weighted by molar-refractivity contribution is 6.35. The molecule has 1 atom stereocenters. The van der Waals surface area contributed by atoms with Crippen molar-refractivity contribution in [2.24, 2.45) is 5.92 Å². The summed E-state index contributed by atoms with van der Waals surface area (Å²) in [5.41, 5.74) is 2.53. The zero-order valence-electron chi connectivity index (χ0n) is 19.4. The van der Waals surface area contributed by atoms with Crippen molar-refractivity contribution < 1.29 is 14.4 Å². The van der Waals surface area contributed by atoms with E-state index in [2.05, 4.69) is 21.3 Å². The summed E-state index contributed by atoms with van der Waals surface area (Å²) < 4.78 is 0. The third-order valence-electron chi connectivity index (χ3n) is 5.13. The molecule has 2 rings (SSSR count). The van der Waals surface area contributed by atoms with E-state index in [1.54, 1.807) is 6.08 Å². The van der Waals surface area contributed by atoms with Gasteiger partial charge in [0.1, 0.15) is 0 Å². The second-order valence-electron chi connectivity index (χ2n) is 7.92. The quantitative estimate of drug-likeness (QED) is 0.227. The van der Waals surface area contributed by atoms with E-state index in [0.717, 1.165) is 24.0 Å². The maximum atomic E-state index is 12.3. The Labute approximate surface area is 196 Å². The van der Waals surface area contributed by atoms with E-state index >= 15 is 0 Å². The van der Waals surface area contributed by atoms with Crippen LogP contribution in [0.2, 0.25) is 0 Å². The maximum Gasteiger partial charge on any atom is 0.309 e. The van der Waals surface area contributed by atoms with E-state index in [1.165, 1.54) is 0 Å². The molecule has 2 aromatic carbocycles. The Morgan fingerprint density at radius 3 is 1.82 bits per heavy atom. The minimum Gasteiger partial charge on any atom is -0.381 e. The smallest absolute Gasteiger partial charge is 0.309 e. The molecule has 0 bridgehead atoms. The zero-order valence-corrected chi connectivity index (χ0v) is 19.4. The number of carbonyl (C=O) groups excluding carboxylic acids is 3. The lowest BCUT2D eigenvalue weighted by Gasteiger charge is -2.14. The third kappa shape index (κ3) is 10.0. The Morgan fingerprint density at radius 2 is 1.27 bits per heavy atom. The number of rotatable bonds is 12. The fourth-order valence-corrected chi connectivity index (χ4v) is 3.17. The summed E-state index contributed by atoms with van der Waals surface area (Å²) in [6.45, 7) is 5.71. The fraction of sp³-hybridized carbons (Fsp3) is 0.346. The average molecular weight is 451 g/mol. The molecule has 7 heteroatoms. The molecule has 0 fully saturated rings. The number of hydrogen-bond donors (Lipinski definition) is 4. The standard InChI is InChI=1S/C26H34N4O3/c1-3-23(24(31)29-18-21-12-6-4-7-13-21)27-16-10-11-20(2)17-28-25(32)26(33)30-19-22-14-8-5-9-15-22/h3-9,12-15,20,27H,10-11,16-19H2,1-2H3,(H,28,32)(H,29,31)(H,30,33). The van der Waals surface area contributed by atoms with E-state index in [1.807, 2.05) is 74.5 Å². The molecule has 0 aliphatic heterocycles. The van der Waals surface area contributed by atoms with Gasteiger partial charge in [-0.2, -0.15) is 0 Å². The monoisotopic (exact) mass is 450 g/mol. The van der Waals surface area contributed by atoms with Crippen LogP contribution in [0, 0.1) is 5.92 Å². The molecule has 0 saturated heterocycles. The Hall–Kier alpha value is -3.61. The second-order valence-corrected chi connectivity index (χ2v) is 7.92. The van der Waals surface area contributed by atoms with Gasteiger partial charge in [0.15, 0.2) is 0 Å². The summed E-state index contributed by atoms with van der Waals surface area (Å²) in [6, 6.07) is 19.2. The Bertz CT molecular complexity index is 914. The molecule has 0 aliphatic rings. The highest BCUT2D eigenvalue weighted by Gasteiger charge is 2.14. The highest BCUT2D eigenvalue weighted by atomic mass is 16.2. The Morgan fingerprint density at radius 1 is 0.758 bits per heavy atom. The third-order valence-corrected chi connectivity index (χ3v) is 5.13. The normalized spacial score (nSPS) is 11.9. The molecule has 176 valence electrons. The number of amides is 3. The van der Waals surface area contributed by atoms with E-state index < -0.39 is 11.8 Å². The number of nitrogens with one attached hydrogen (secondary N) is 4. The van der Waals surface area contributed by atoms with Crippen LogP contribution in [0.15, 0.2) is 72.4 Å². The first-order valence-corrected chi connectivity index (χ1v) is 11.3. The van der Waals surface area contributed by atoms with Crippen molar-refractivity contribution in [3.63, 3.8) is 0 Å². The van der Waals surface area contributed by atoms with Crippen LogP contribution in [-0.2, 0) is 27.5 Å². The van der Waals surface area contributed by atoms with Gasteiger partial charge >= 0.3 is 11.8 Å². The van der Waals surface area contributed by atoms with Crippen molar-refractivity contribution in [2.75, 3.05) is 13.1 Å². The summed E-state index contributed by atoms with van der Waals surface area (Å²) in [4.78, 5) is 36.2. The number of benzene rings is 2. The first-order valence-electron chi connectivity index (χ1n) is 11.3. The van der Waals surface area contributed by atoms with Crippen LogP contribution in [0.5, 0.6) is 0 Å². The number of hydrogen-bond acceptors (Lipinski definition) is 4. The molecule has 0 aliphatic carbocycles. The molecule has 0 aromatic heterocycles. The minimum absolute atomic E-state index is 0.136. The van der Waals surface area contributed by atoms with Gasteiger partial charge in [-0.3, -0.25) is 14.4 Å². The molecule has 0 spiro atoms. The zero-order chi connectivity index (χ0) is 23.9. The summed E-state index contributed by atoms with van der Waals surface area (Å²) in [5, 5.41) is 11.4. The average Bonchev–Trinajstić information content (AvgIpc) is 2.85. The van der Waals surface area contributed by atoms with Gasteiger partial charge < -0.3 is 21.3 Å². The highest BCUT2D eigenvalue weighted by Crippen LogP contribution is 2.04. The van der Waals surface area contributed by atoms with Crippen molar-refractivity contribution >= 4 is 17.7 Å². The predicted molar refractivity (Wildman–Crippen MR) is 130 cm³/mol. The van der Waals surface area contributed by atoms with Crippen LogP contribution >= 0.6 is 0 Å². The predicted octanol–water partition coefficient (Wildman–Crippen LogP) is 2.65. The van der Waals surface area contributed by atoms with Crippen molar-refractivity contribution in [2.45, 2.75) is 39.8 Å². The molecule has 1 unspecified atom stereocenters. The molecular weight excluding hydrogens is 416 g/mol. The van der Waals surface area contributed by atoms with E-state index in [-0.39, 0.29) is 11.8 Å². The van der Waals surface area contributed by atoms with Gasteiger partial charge in [-0.15, -0.1) is 0 Å². The van der Waals surface area contributed by atoms with Crippen LogP contribution in [0.1, 0.15) is 37.8 Å². The topological polar surface area (TPSA) is 99.3 Å². The van der Waals surface area contributed by atoms with Gasteiger partial charge in [0.05, 0.1) is 5.70 Å². The van der Waals surface area contributed by atoms with Crippen LogP contribution in [0.4, 0.5) is 0 Å². The first-order chi connectivity index (χ1) is 16.0. The summed E-state index contributed by atoms with van der Waals surface area (Å²) >= 11 is 0.